The molecule has 12 heteroatoms. The summed E-state index contributed by atoms with van der Waals surface area (Å²) in [6.45, 7) is 1.10. The Hall–Kier alpha value is -2.18. The van der Waals surface area contributed by atoms with Crippen LogP contribution in [-0.4, -0.2) is 73.5 Å². The first-order valence-corrected chi connectivity index (χ1v) is 12.4. The number of piperazine rings is 1. The summed E-state index contributed by atoms with van der Waals surface area (Å²) in [4.78, 5) is 28.6. The zero-order valence-corrected chi connectivity index (χ0v) is 18.8. The lowest BCUT2D eigenvalue weighted by molar-refractivity contribution is -0.274. The molecule has 182 valence electrons. The van der Waals surface area contributed by atoms with E-state index in [2.05, 4.69) is 4.74 Å². The van der Waals surface area contributed by atoms with Gasteiger partial charge in [0, 0.05) is 32.6 Å². The molecule has 4 rings (SSSR count). The van der Waals surface area contributed by atoms with Crippen LogP contribution >= 0.6 is 0 Å². The van der Waals surface area contributed by atoms with Crippen LogP contribution < -0.4 is 4.74 Å². The molecule has 3 fully saturated rings. The first kappa shape index (κ1) is 24.0. The molecule has 1 spiro atoms. The van der Waals surface area contributed by atoms with Gasteiger partial charge in [-0.1, -0.05) is 19.3 Å². The molecule has 0 N–H and O–H groups in total. The molecule has 0 atom stereocenters. The molecule has 33 heavy (non-hydrogen) atoms. The standard InChI is InChI=1S/C21H26F3N3O5S/c22-21(23,24)32-16-4-6-17(7-5-16)33(30,31)26-12-10-25(11-13-26)15-27-18(28)14-20(19(27)29)8-2-1-3-9-20/h4-7H,1-3,8-15H2. The van der Waals surface area contributed by atoms with E-state index in [4.69, 9.17) is 0 Å². The molecule has 8 nitrogen and oxygen atoms in total. The fourth-order valence-electron chi connectivity index (χ4n) is 4.90. The highest BCUT2D eigenvalue weighted by Crippen LogP contribution is 2.45. The quantitative estimate of drug-likeness (QED) is 0.591. The molecule has 1 aromatic carbocycles. The molecule has 2 heterocycles. The second-order valence-electron chi connectivity index (χ2n) is 8.83. The zero-order chi connectivity index (χ0) is 23.9. The van der Waals surface area contributed by atoms with E-state index in [9.17, 15) is 31.2 Å². The second-order valence-corrected chi connectivity index (χ2v) is 10.8. The molecule has 2 amide bonds. The monoisotopic (exact) mass is 489 g/mol. The normalized spacial score (nSPS) is 22.8. The van der Waals surface area contributed by atoms with Crippen molar-refractivity contribution in [2.45, 2.75) is 49.8 Å². The molecular formula is C21H26F3N3O5S. The van der Waals surface area contributed by atoms with Crippen LogP contribution in [-0.2, 0) is 19.6 Å². The highest BCUT2D eigenvalue weighted by atomic mass is 32.2. The van der Waals surface area contributed by atoms with Gasteiger partial charge in [-0.15, -0.1) is 13.2 Å². The van der Waals surface area contributed by atoms with Crippen LogP contribution in [0.25, 0.3) is 0 Å². The van der Waals surface area contributed by atoms with E-state index in [1.807, 2.05) is 4.90 Å². The minimum Gasteiger partial charge on any atom is -0.406 e. The Morgan fingerprint density at radius 3 is 2.12 bits per heavy atom. The van der Waals surface area contributed by atoms with E-state index in [1.54, 1.807) is 0 Å². The van der Waals surface area contributed by atoms with Crippen LogP contribution in [0.5, 0.6) is 5.75 Å². The number of amides is 2. The smallest absolute Gasteiger partial charge is 0.406 e. The van der Waals surface area contributed by atoms with E-state index < -0.39 is 27.6 Å². The Balaban J connectivity index is 1.35. The molecule has 0 unspecified atom stereocenters. The van der Waals surface area contributed by atoms with Crippen LogP contribution in [0.1, 0.15) is 38.5 Å². The molecule has 2 aliphatic heterocycles. The number of sulfonamides is 1. The molecule has 1 aromatic rings. The predicted octanol–water partition coefficient (Wildman–Crippen LogP) is 2.56. The summed E-state index contributed by atoms with van der Waals surface area (Å²) in [5, 5.41) is 0. The zero-order valence-electron chi connectivity index (χ0n) is 18.0. The average Bonchev–Trinajstić information content (AvgIpc) is 2.98. The van der Waals surface area contributed by atoms with E-state index in [1.165, 1.54) is 9.21 Å². The first-order chi connectivity index (χ1) is 15.5. The largest absolute Gasteiger partial charge is 0.573 e. The maximum absolute atomic E-state index is 13.0. The molecule has 0 bridgehead atoms. The van der Waals surface area contributed by atoms with Gasteiger partial charge < -0.3 is 4.74 Å². The molecule has 3 aliphatic rings. The lowest BCUT2D eigenvalue weighted by atomic mass is 9.73. The van der Waals surface area contributed by atoms with Crippen molar-refractivity contribution < 1.29 is 35.9 Å². The number of rotatable bonds is 5. The molecule has 0 aromatic heterocycles. The molecule has 1 saturated carbocycles. The minimum atomic E-state index is -4.86. The van der Waals surface area contributed by atoms with Crippen molar-refractivity contribution in [3.05, 3.63) is 24.3 Å². The molecule has 0 radical (unpaired) electrons. The third kappa shape index (κ3) is 5.02. The van der Waals surface area contributed by atoms with Crippen molar-refractivity contribution in [2.24, 2.45) is 5.41 Å². The SMILES string of the molecule is O=C1CC2(CCCCC2)C(=O)N1CN1CCN(S(=O)(=O)c2ccc(OC(F)(F)F)cc2)CC1. The van der Waals surface area contributed by atoms with Gasteiger partial charge in [-0.2, -0.15) is 4.31 Å². The number of imide groups is 1. The van der Waals surface area contributed by atoms with Crippen molar-refractivity contribution in [1.82, 2.24) is 14.1 Å². The van der Waals surface area contributed by atoms with Gasteiger partial charge in [-0.25, -0.2) is 8.42 Å². The Labute approximate surface area is 190 Å². The molecular weight excluding hydrogens is 463 g/mol. The Kier molecular flexibility index (Phi) is 6.45. The highest BCUT2D eigenvalue weighted by Gasteiger charge is 2.51. The Morgan fingerprint density at radius 1 is 0.939 bits per heavy atom. The number of ether oxygens (including phenoxy) is 1. The summed E-state index contributed by atoms with van der Waals surface area (Å²) >= 11 is 0. The number of benzene rings is 1. The van der Waals surface area contributed by atoms with Crippen LogP contribution in [0.3, 0.4) is 0 Å². The van der Waals surface area contributed by atoms with E-state index in [0.29, 0.717) is 13.1 Å². The van der Waals surface area contributed by atoms with Gasteiger partial charge in [0.25, 0.3) is 0 Å². The van der Waals surface area contributed by atoms with Gasteiger partial charge in [0.2, 0.25) is 21.8 Å². The summed E-state index contributed by atoms with van der Waals surface area (Å²) in [5.41, 5.74) is -0.553. The summed E-state index contributed by atoms with van der Waals surface area (Å²) in [7, 11) is -3.89. The molecule has 2 saturated heterocycles. The van der Waals surface area contributed by atoms with Gasteiger partial charge in [0.05, 0.1) is 17.0 Å². The Morgan fingerprint density at radius 2 is 1.55 bits per heavy atom. The lowest BCUT2D eigenvalue weighted by Gasteiger charge is -2.36. The highest BCUT2D eigenvalue weighted by molar-refractivity contribution is 7.89. The van der Waals surface area contributed by atoms with Crippen LogP contribution in [0.15, 0.2) is 29.2 Å². The fourth-order valence-corrected chi connectivity index (χ4v) is 6.32. The third-order valence-corrected chi connectivity index (χ3v) is 8.58. The van der Waals surface area contributed by atoms with Crippen molar-refractivity contribution in [3.63, 3.8) is 0 Å². The topological polar surface area (TPSA) is 87.2 Å². The number of alkyl halides is 3. The number of carbonyl (C=O) groups excluding carboxylic acids is 2. The average molecular weight is 490 g/mol. The number of carbonyl (C=O) groups is 2. The number of halogens is 3. The van der Waals surface area contributed by atoms with Crippen molar-refractivity contribution in [3.8, 4) is 5.75 Å². The maximum atomic E-state index is 13.0. The summed E-state index contributed by atoms with van der Waals surface area (Å²) < 4.78 is 67.7. The number of nitrogens with zero attached hydrogens (tertiary/aromatic N) is 3. The second kappa shape index (κ2) is 8.88. The minimum absolute atomic E-state index is 0.108. The van der Waals surface area contributed by atoms with Crippen LogP contribution in [0, 0.1) is 5.41 Å². The Bertz CT molecular complexity index is 999. The molecule has 1 aliphatic carbocycles. The van der Waals surface area contributed by atoms with E-state index >= 15 is 0 Å². The summed E-state index contributed by atoms with van der Waals surface area (Å²) in [5.74, 6) is -0.775. The van der Waals surface area contributed by atoms with E-state index in [-0.39, 0.29) is 42.9 Å². The van der Waals surface area contributed by atoms with E-state index in [0.717, 1.165) is 56.4 Å². The van der Waals surface area contributed by atoms with Gasteiger partial charge in [-0.3, -0.25) is 19.4 Å². The van der Waals surface area contributed by atoms with Crippen molar-refractivity contribution >= 4 is 21.8 Å². The fraction of sp³-hybridized carbons (Fsp3) is 0.619. The maximum Gasteiger partial charge on any atom is 0.573 e. The van der Waals surface area contributed by atoms with Crippen molar-refractivity contribution in [2.75, 3.05) is 32.8 Å². The van der Waals surface area contributed by atoms with Gasteiger partial charge in [0.15, 0.2) is 0 Å². The van der Waals surface area contributed by atoms with Gasteiger partial charge in [0.1, 0.15) is 5.75 Å². The van der Waals surface area contributed by atoms with Gasteiger partial charge >= 0.3 is 6.36 Å². The van der Waals surface area contributed by atoms with Gasteiger partial charge in [-0.05, 0) is 37.1 Å². The summed E-state index contributed by atoms with van der Waals surface area (Å²) in [6, 6.07) is 4.08. The number of hydrogen-bond acceptors (Lipinski definition) is 6. The number of likely N-dealkylation sites (tertiary alicyclic amines) is 1. The first-order valence-electron chi connectivity index (χ1n) is 10.9. The van der Waals surface area contributed by atoms with Crippen LogP contribution in [0.4, 0.5) is 13.2 Å². The van der Waals surface area contributed by atoms with Crippen LogP contribution in [0.2, 0.25) is 0 Å². The number of hydrogen-bond donors (Lipinski definition) is 0. The van der Waals surface area contributed by atoms with Crippen molar-refractivity contribution in [1.29, 1.82) is 0 Å². The summed E-state index contributed by atoms with van der Waals surface area (Å²) in [6.07, 6.45) is -0.128. The predicted molar refractivity (Wildman–Crippen MR) is 110 cm³/mol. The third-order valence-electron chi connectivity index (χ3n) is 6.67. The lowest BCUT2D eigenvalue weighted by Crippen LogP contribution is -2.52.